The van der Waals surface area contributed by atoms with Gasteiger partial charge in [-0.05, 0) is 69.6 Å². The molecule has 0 amide bonds. The van der Waals surface area contributed by atoms with Crippen molar-refractivity contribution in [2.24, 2.45) is 11.3 Å². The largest absolute Gasteiger partial charge is 0.316 e. The number of nitrogens with one attached hydrogen (secondary N) is 1. The zero-order chi connectivity index (χ0) is 16.6. The maximum atomic E-state index is 3.42. The smallest absolute Gasteiger partial charge is 0.0455 e. The molecule has 24 heavy (non-hydrogen) atoms. The molecule has 1 saturated carbocycles. The Hall–Kier alpha value is -0.900. The van der Waals surface area contributed by atoms with E-state index in [1.807, 2.05) is 0 Å². The first-order chi connectivity index (χ1) is 11.6. The lowest BCUT2D eigenvalue weighted by molar-refractivity contribution is 0.0370. The Morgan fingerprint density at radius 1 is 1.04 bits per heavy atom. The molecule has 0 radical (unpaired) electrons. The van der Waals surface area contributed by atoms with Crippen molar-refractivity contribution in [1.82, 2.24) is 15.1 Å². The van der Waals surface area contributed by atoms with Crippen molar-refractivity contribution in [3.05, 3.63) is 35.9 Å². The molecule has 3 heteroatoms. The average molecular weight is 328 g/mol. The molecule has 3 nitrogen and oxygen atoms in total. The molecular weight excluding hydrogens is 294 g/mol. The topological polar surface area (TPSA) is 18.5 Å². The summed E-state index contributed by atoms with van der Waals surface area (Å²) in [6.07, 6.45) is 6.82. The summed E-state index contributed by atoms with van der Waals surface area (Å²) in [5.41, 5.74) is 2.36. The Kier molecular flexibility index (Phi) is 4.44. The van der Waals surface area contributed by atoms with Gasteiger partial charge in [-0.15, -0.1) is 0 Å². The highest BCUT2D eigenvalue weighted by atomic mass is 15.2. The second kappa shape index (κ2) is 6.44. The predicted octanol–water partition coefficient (Wildman–Crippen LogP) is 2.93. The fraction of sp³-hybridized carbons (Fsp3) is 0.714. The quantitative estimate of drug-likeness (QED) is 0.917. The zero-order valence-corrected chi connectivity index (χ0v) is 15.4. The van der Waals surface area contributed by atoms with Crippen molar-refractivity contribution in [2.45, 2.75) is 37.6 Å². The van der Waals surface area contributed by atoms with E-state index in [0.29, 0.717) is 5.41 Å². The van der Waals surface area contributed by atoms with Crippen LogP contribution in [-0.2, 0) is 5.54 Å². The number of hydrogen-bond donors (Lipinski definition) is 1. The van der Waals surface area contributed by atoms with Crippen LogP contribution in [0.2, 0.25) is 0 Å². The van der Waals surface area contributed by atoms with Crippen LogP contribution in [0.1, 0.15) is 37.7 Å². The first kappa shape index (κ1) is 16.6. The Labute approximate surface area is 147 Å². The van der Waals surface area contributed by atoms with Gasteiger partial charge in [0.25, 0.3) is 0 Å². The minimum Gasteiger partial charge on any atom is -0.316 e. The Bertz CT molecular complexity index is 541. The van der Waals surface area contributed by atoms with Crippen LogP contribution in [0, 0.1) is 11.3 Å². The lowest BCUT2D eigenvalue weighted by Gasteiger charge is -2.49. The molecule has 1 N–H and O–H groups in total. The summed E-state index contributed by atoms with van der Waals surface area (Å²) in [6, 6.07) is 11.2. The molecule has 1 aromatic rings. The molecule has 3 fully saturated rings. The van der Waals surface area contributed by atoms with Gasteiger partial charge >= 0.3 is 0 Å². The molecule has 4 rings (SSSR count). The van der Waals surface area contributed by atoms with E-state index in [-0.39, 0.29) is 5.54 Å². The van der Waals surface area contributed by atoms with Gasteiger partial charge in [0.15, 0.2) is 0 Å². The minimum atomic E-state index is 0.248. The monoisotopic (exact) mass is 327 g/mol. The average Bonchev–Trinajstić information content (AvgIpc) is 2.95. The Morgan fingerprint density at radius 2 is 1.75 bits per heavy atom. The fourth-order valence-electron chi connectivity index (χ4n) is 5.37. The third-order valence-electron chi connectivity index (χ3n) is 7.20. The van der Waals surface area contributed by atoms with Crippen LogP contribution in [0.4, 0.5) is 0 Å². The van der Waals surface area contributed by atoms with Crippen LogP contribution in [0.25, 0.3) is 0 Å². The molecule has 0 bridgehead atoms. The van der Waals surface area contributed by atoms with Crippen molar-refractivity contribution in [2.75, 3.05) is 46.8 Å². The van der Waals surface area contributed by atoms with Gasteiger partial charge in [0.05, 0.1) is 0 Å². The van der Waals surface area contributed by atoms with E-state index in [9.17, 15) is 0 Å². The highest BCUT2D eigenvalue weighted by Gasteiger charge is 2.47. The number of benzene rings is 1. The van der Waals surface area contributed by atoms with Gasteiger partial charge in [-0.3, -0.25) is 4.90 Å². The van der Waals surface area contributed by atoms with E-state index < -0.39 is 0 Å². The third-order valence-corrected chi connectivity index (χ3v) is 7.20. The molecule has 0 atom stereocenters. The molecule has 2 aliphatic heterocycles. The van der Waals surface area contributed by atoms with Gasteiger partial charge in [-0.25, -0.2) is 0 Å². The van der Waals surface area contributed by atoms with Gasteiger partial charge in [0.1, 0.15) is 0 Å². The van der Waals surface area contributed by atoms with Crippen LogP contribution in [-0.4, -0.2) is 56.6 Å². The standard InChI is InChI=1S/C21H33N3/c1-23(2)21(19-6-4-3-5-7-19)10-8-20(9-11-21)12-13-24(17-20)16-18-14-22-15-18/h3-7,18,22H,8-17H2,1-2H3. The zero-order valence-electron chi connectivity index (χ0n) is 15.4. The number of rotatable bonds is 4. The highest BCUT2D eigenvalue weighted by molar-refractivity contribution is 5.26. The first-order valence-corrected chi connectivity index (χ1v) is 9.78. The molecule has 132 valence electrons. The Balaban J connectivity index is 1.43. The summed E-state index contributed by atoms with van der Waals surface area (Å²) in [4.78, 5) is 5.25. The SMILES string of the molecule is CN(C)C1(c2ccccc2)CCC2(CCN(CC3CNC3)C2)CC1. The van der Waals surface area contributed by atoms with Crippen LogP contribution in [0.15, 0.2) is 30.3 Å². The molecule has 0 aromatic heterocycles. The van der Waals surface area contributed by atoms with E-state index in [0.717, 1.165) is 5.92 Å². The summed E-state index contributed by atoms with van der Waals surface area (Å²) < 4.78 is 0. The molecule has 1 spiro atoms. The van der Waals surface area contributed by atoms with E-state index in [2.05, 4.69) is 59.5 Å². The van der Waals surface area contributed by atoms with Gasteiger partial charge in [0, 0.05) is 31.7 Å². The first-order valence-electron chi connectivity index (χ1n) is 9.78. The number of likely N-dealkylation sites (tertiary alicyclic amines) is 1. The van der Waals surface area contributed by atoms with Crippen LogP contribution in [0.5, 0.6) is 0 Å². The molecule has 3 aliphatic rings. The van der Waals surface area contributed by atoms with E-state index in [1.165, 1.54) is 70.4 Å². The molecular formula is C21H33N3. The van der Waals surface area contributed by atoms with Crippen LogP contribution >= 0.6 is 0 Å². The number of hydrogen-bond acceptors (Lipinski definition) is 3. The summed E-state index contributed by atoms with van der Waals surface area (Å²) in [7, 11) is 4.55. The van der Waals surface area contributed by atoms with Gasteiger partial charge in [-0.1, -0.05) is 30.3 Å². The fourth-order valence-corrected chi connectivity index (χ4v) is 5.37. The van der Waals surface area contributed by atoms with E-state index >= 15 is 0 Å². The molecule has 1 aliphatic carbocycles. The summed E-state index contributed by atoms with van der Waals surface area (Å²) in [5, 5.41) is 3.42. The molecule has 0 unspecified atom stereocenters. The second-order valence-electron chi connectivity index (χ2n) is 8.80. The lowest BCUT2D eigenvalue weighted by Crippen LogP contribution is -2.49. The Morgan fingerprint density at radius 3 is 2.33 bits per heavy atom. The molecule has 2 heterocycles. The maximum absolute atomic E-state index is 3.42. The van der Waals surface area contributed by atoms with Crippen molar-refractivity contribution >= 4 is 0 Å². The van der Waals surface area contributed by atoms with Crippen molar-refractivity contribution in [3.63, 3.8) is 0 Å². The molecule has 2 saturated heterocycles. The lowest BCUT2D eigenvalue weighted by atomic mass is 9.64. The van der Waals surface area contributed by atoms with Crippen molar-refractivity contribution in [3.8, 4) is 0 Å². The van der Waals surface area contributed by atoms with E-state index in [4.69, 9.17) is 0 Å². The summed E-state index contributed by atoms with van der Waals surface area (Å²) in [5.74, 6) is 0.911. The van der Waals surface area contributed by atoms with Crippen LogP contribution in [0.3, 0.4) is 0 Å². The highest BCUT2D eigenvalue weighted by Crippen LogP contribution is 2.51. The normalized spacial score (nSPS) is 34.8. The van der Waals surface area contributed by atoms with Crippen molar-refractivity contribution < 1.29 is 0 Å². The second-order valence-corrected chi connectivity index (χ2v) is 8.80. The van der Waals surface area contributed by atoms with Crippen LogP contribution < -0.4 is 5.32 Å². The summed E-state index contributed by atoms with van der Waals surface area (Å²) >= 11 is 0. The number of nitrogens with zero attached hydrogens (tertiary/aromatic N) is 2. The van der Waals surface area contributed by atoms with Crippen molar-refractivity contribution in [1.29, 1.82) is 0 Å². The predicted molar refractivity (Wildman–Crippen MR) is 100 cm³/mol. The minimum absolute atomic E-state index is 0.248. The maximum Gasteiger partial charge on any atom is 0.0455 e. The van der Waals surface area contributed by atoms with Gasteiger partial charge in [-0.2, -0.15) is 0 Å². The molecule has 1 aromatic carbocycles. The van der Waals surface area contributed by atoms with Gasteiger partial charge in [0.2, 0.25) is 0 Å². The third kappa shape index (κ3) is 2.91. The van der Waals surface area contributed by atoms with E-state index in [1.54, 1.807) is 0 Å². The summed E-state index contributed by atoms with van der Waals surface area (Å²) in [6.45, 7) is 6.48. The van der Waals surface area contributed by atoms with Gasteiger partial charge < -0.3 is 10.2 Å².